The molecule has 0 saturated carbocycles. The zero-order valence-electron chi connectivity index (χ0n) is 21.7. The van der Waals surface area contributed by atoms with Crippen LogP contribution >= 0.6 is 11.3 Å². The Hall–Kier alpha value is -3.19. The minimum absolute atomic E-state index is 0.0567. The topological polar surface area (TPSA) is 53.6 Å². The third kappa shape index (κ3) is 5.78. The predicted molar refractivity (Wildman–Crippen MR) is 157 cm³/mol. The van der Waals surface area contributed by atoms with Crippen molar-refractivity contribution in [1.29, 1.82) is 0 Å². The van der Waals surface area contributed by atoms with Gasteiger partial charge < -0.3 is 15.4 Å². The zero-order valence-corrected chi connectivity index (χ0v) is 22.6. The van der Waals surface area contributed by atoms with Gasteiger partial charge in [0, 0.05) is 21.8 Å². The molecule has 0 unspecified atom stereocenters. The molecular formula is C32H35N3O2S. The molecule has 2 saturated heterocycles. The number of fused-ring (bicyclic) bond motifs is 1. The molecule has 196 valence electrons. The lowest BCUT2D eigenvalue weighted by Crippen LogP contribution is -2.35. The van der Waals surface area contributed by atoms with Crippen molar-refractivity contribution in [3.8, 4) is 16.2 Å². The van der Waals surface area contributed by atoms with E-state index in [2.05, 4.69) is 76.2 Å². The summed E-state index contributed by atoms with van der Waals surface area (Å²) in [6.07, 6.45) is 5.44. The number of benzene rings is 3. The van der Waals surface area contributed by atoms with Crippen LogP contribution in [0.4, 0.5) is 5.69 Å². The molecule has 1 amide bonds. The molecular weight excluding hydrogens is 490 g/mol. The Balaban J connectivity index is 1.17. The van der Waals surface area contributed by atoms with Crippen LogP contribution in [0, 0.1) is 0 Å². The number of amides is 1. The van der Waals surface area contributed by atoms with Crippen LogP contribution in [0.2, 0.25) is 0 Å². The van der Waals surface area contributed by atoms with Crippen molar-refractivity contribution >= 4 is 33.0 Å². The van der Waals surface area contributed by atoms with Gasteiger partial charge in [-0.1, -0.05) is 42.5 Å². The monoisotopic (exact) mass is 525 g/mol. The van der Waals surface area contributed by atoms with Crippen molar-refractivity contribution in [3.05, 3.63) is 83.9 Å². The van der Waals surface area contributed by atoms with Crippen molar-refractivity contribution in [2.75, 3.05) is 38.1 Å². The number of nitrogens with zero attached hydrogens (tertiary/aromatic N) is 1. The zero-order chi connectivity index (χ0) is 25.7. The van der Waals surface area contributed by atoms with E-state index < -0.39 is 0 Å². The van der Waals surface area contributed by atoms with E-state index in [-0.39, 0.29) is 11.9 Å². The van der Waals surface area contributed by atoms with Gasteiger partial charge in [-0.2, -0.15) is 0 Å². The first-order chi connectivity index (χ1) is 18.7. The predicted octanol–water partition coefficient (Wildman–Crippen LogP) is 6.32. The molecule has 5 nitrogen and oxygen atoms in total. The fraction of sp³-hybridized carbons (Fsp3) is 0.344. The lowest BCUT2D eigenvalue weighted by atomic mass is 9.99. The van der Waals surface area contributed by atoms with Crippen molar-refractivity contribution < 1.29 is 9.53 Å². The second kappa shape index (κ2) is 11.7. The Bertz CT molecular complexity index is 1370. The fourth-order valence-corrected chi connectivity index (χ4v) is 6.78. The van der Waals surface area contributed by atoms with Crippen LogP contribution in [0.15, 0.2) is 72.8 Å². The minimum Gasteiger partial charge on any atom is -0.492 e. The van der Waals surface area contributed by atoms with E-state index >= 15 is 0 Å². The van der Waals surface area contributed by atoms with Gasteiger partial charge in [0.15, 0.2) is 0 Å². The summed E-state index contributed by atoms with van der Waals surface area (Å²) in [5, 5.41) is 7.64. The number of carbonyl (C=O) groups excluding carboxylic acids is 1. The molecule has 0 bridgehead atoms. The van der Waals surface area contributed by atoms with Crippen LogP contribution in [0.5, 0.6) is 5.75 Å². The number of carbonyl (C=O) groups is 1. The number of hydrogen-bond acceptors (Lipinski definition) is 5. The number of ether oxygens (including phenoxy) is 1. The molecule has 1 atom stereocenters. The van der Waals surface area contributed by atoms with Gasteiger partial charge in [0.1, 0.15) is 12.4 Å². The van der Waals surface area contributed by atoms with Crippen LogP contribution < -0.4 is 15.4 Å². The largest absolute Gasteiger partial charge is 0.492 e. The van der Waals surface area contributed by atoms with Crippen LogP contribution in [-0.2, 0) is 11.2 Å². The van der Waals surface area contributed by atoms with Gasteiger partial charge in [-0.15, -0.1) is 11.3 Å². The van der Waals surface area contributed by atoms with Crippen molar-refractivity contribution in [3.63, 3.8) is 0 Å². The Kier molecular flexibility index (Phi) is 7.72. The Labute approximate surface area is 228 Å². The smallest absolute Gasteiger partial charge is 0.241 e. The molecule has 1 aromatic heterocycles. The maximum Gasteiger partial charge on any atom is 0.241 e. The molecule has 4 aromatic rings. The summed E-state index contributed by atoms with van der Waals surface area (Å²) < 4.78 is 7.31. The molecule has 6 heteroatoms. The first-order valence-corrected chi connectivity index (χ1v) is 14.6. The molecule has 6 rings (SSSR count). The molecule has 0 spiro atoms. The van der Waals surface area contributed by atoms with E-state index in [1.54, 1.807) is 0 Å². The van der Waals surface area contributed by atoms with E-state index in [1.165, 1.54) is 57.6 Å². The van der Waals surface area contributed by atoms with Crippen molar-refractivity contribution in [2.45, 2.75) is 38.1 Å². The molecule has 3 heterocycles. The average molecular weight is 526 g/mol. The van der Waals surface area contributed by atoms with E-state index in [4.69, 9.17) is 4.74 Å². The van der Waals surface area contributed by atoms with Gasteiger partial charge in [-0.05, 0) is 104 Å². The first-order valence-electron chi connectivity index (χ1n) is 13.8. The molecule has 2 fully saturated rings. The van der Waals surface area contributed by atoms with E-state index in [0.717, 1.165) is 50.4 Å². The lowest BCUT2D eigenvalue weighted by Gasteiger charge is -2.15. The third-order valence-corrected chi connectivity index (χ3v) is 8.93. The minimum atomic E-state index is -0.0780. The van der Waals surface area contributed by atoms with Crippen LogP contribution in [0.1, 0.15) is 36.8 Å². The number of hydrogen-bond donors (Lipinski definition) is 2. The molecule has 0 radical (unpaired) electrons. The van der Waals surface area contributed by atoms with Crippen LogP contribution in [0.3, 0.4) is 0 Å². The quantitative estimate of drug-likeness (QED) is 0.268. The number of thiophene rings is 1. The standard InChI is InChI=1S/C32H35N3O2S/c36-32(29-7-5-17-33-29)34-25-13-11-24(12-14-25)31-28(27-6-1-2-8-30(27)38-31)22-23-9-15-26(16-10-23)37-21-20-35-18-3-4-19-35/h1-2,6,8-16,29,33H,3-5,7,17-22H2,(H,34,36)/t29-/m0/s1. The maximum absolute atomic E-state index is 12.5. The highest BCUT2D eigenvalue weighted by atomic mass is 32.1. The van der Waals surface area contributed by atoms with Gasteiger partial charge in [0.2, 0.25) is 5.91 Å². The number of nitrogens with one attached hydrogen (secondary N) is 2. The van der Waals surface area contributed by atoms with E-state index in [1.807, 2.05) is 23.5 Å². The summed E-state index contributed by atoms with van der Waals surface area (Å²) >= 11 is 1.84. The Morgan fingerprint density at radius 3 is 2.53 bits per heavy atom. The van der Waals surface area contributed by atoms with Gasteiger partial charge in [0.25, 0.3) is 0 Å². The molecule has 2 aliphatic rings. The lowest BCUT2D eigenvalue weighted by molar-refractivity contribution is -0.117. The fourth-order valence-electron chi connectivity index (χ4n) is 5.56. The first kappa shape index (κ1) is 25.1. The Morgan fingerprint density at radius 2 is 1.76 bits per heavy atom. The summed E-state index contributed by atoms with van der Waals surface area (Å²) in [6, 6.07) is 25.5. The van der Waals surface area contributed by atoms with E-state index in [9.17, 15) is 4.79 Å². The number of rotatable bonds is 9. The van der Waals surface area contributed by atoms with Crippen LogP contribution in [-0.4, -0.2) is 49.6 Å². The second-order valence-electron chi connectivity index (χ2n) is 10.3. The summed E-state index contributed by atoms with van der Waals surface area (Å²) in [6.45, 7) is 5.07. The highest BCUT2D eigenvalue weighted by Gasteiger charge is 2.22. The molecule has 2 aliphatic heterocycles. The van der Waals surface area contributed by atoms with E-state index in [0.29, 0.717) is 0 Å². The number of likely N-dealkylation sites (tertiary alicyclic amines) is 1. The summed E-state index contributed by atoms with van der Waals surface area (Å²) in [5.41, 5.74) is 4.64. The maximum atomic E-state index is 12.5. The van der Waals surface area contributed by atoms with Gasteiger partial charge in [0.05, 0.1) is 6.04 Å². The molecule has 2 N–H and O–H groups in total. The van der Waals surface area contributed by atoms with Crippen molar-refractivity contribution in [1.82, 2.24) is 10.2 Å². The van der Waals surface area contributed by atoms with Crippen LogP contribution in [0.25, 0.3) is 20.5 Å². The normalized spacial score (nSPS) is 17.7. The summed E-state index contributed by atoms with van der Waals surface area (Å²) in [7, 11) is 0. The Morgan fingerprint density at radius 1 is 0.974 bits per heavy atom. The number of anilines is 1. The van der Waals surface area contributed by atoms with Gasteiger partial charge in [-0.25, -0.2) is 0 Å². The molecule has 38 heavy (non-hydrogen) atoms. The summed E-state index contributed by atoms with van der Waals surface area (Å²) in [4.78, 5) is 16.3. The summed E-state index contributed by atoms with van der Waals surface area (Å²) in [5.74, 6) is 0.995. The van der Waals surface area contributed by atoms with Gasteiger partial charge >= 0.3 is 0 Å². The molecule has 3 aromatic carbocycles. The second-order valence-corrected chi connectivity index (χ2v) is 11.4. The SMILES string of the molecule is O=C(Nc1ccc(-c2sc3ccccc3c2Cc2ccc(OCCN3CCCC3)cc2)cc1)[C@@H]1CCCN1. The van der Waals surface area contributed by atoms with Crippen molar-refractivity contribution in [2.24, 2.45) is 0 Å². The molecule has 0 aliphatic carbocycles. The average Bonchev–Trinajstić information content (AvgIpc) is 3.73. The van der Waals surface area contributed by atoms with Gasteiger partial charge in [-0.3, -0.25) is 9.69 Å². The third-order valence-electron chi connectivity index (χ3n) is 7.67. The highest BCUT2D eigenvalue weighted by molar-refractivity contribution is 7.22. The highest BCUT2D eigenvalue weighted by Crippen LogP contribution is 2.40.